The van der Waals surface area contributed by atoms with E-state index in [2.05, 4.69) is 25.4 Å². The van der Waals surface area contributed by atoms with Crippen LogP contribution >= 0.6 is 0 Å². The maximum atomic E-state index is 5.80. The first-order chi connectivity index (χ1) is 14.2. The lowest BCUT2D eigenvalue weighted by Crippen LogP contribution is -2.07. The van der Waals surface area contributed by atoms with Gasteiger partial charge in [-0.2, -0.15) is 5.10 Å². The van der Waals surface area contributed by atoms with Gasteiger partial charge >= 0.3 is 0 Å². The minimum absolute atomic E-state index is 0.487. The molecular weight excluding hydrogens is 364 g/mol. The molecule has 29 heavy (non-hydrogen) atoms. The summed E-state index contributed by atoms with van der Waals surface area (Å²) in [7, 11) is 0. The highest BCUT2D eigenvalue weighted by molar-refractivity contribution is 5.38. The van der Waals surface area contributed by atoms with Crippen LogP contribution in [0, 0.1) is 13.8 Å². The van der Waals surface area contributed by atoms with E-state index in [4.69, 9.17) is 4.74 Å². The van der Waals surface area contributed by atoms with Crippen LogP contribution in [0.1, 0.15) is 22.5 Å². The predicted octanol–water partition coefficient (Wildman–Crippen LogP) is 3.87. The Morgan fingerprint density at radius 1 is 1.00 bits per heavy atom. The Balaban J connectivity index is 1.40. The number of pyridine rings is 1. The molecule has 0 spiro atoms. The Labute approximate surface area is 169 Å². The molecule has 0 atom stereocenters. The number of hydrogen-bond donors (Lipinski definition) is 1. The van der Waals surface area contributed by atoms with E-state index in [1.165, 1.54) is 0 Å². The van der Waals surface area contributed by atoms with Crippen molar-refractivity contribution in [2.75, 3.05) is 5.32 Å². The first kappa shape index (κ1) is 18.6. The SMILES string of the molecule is Cc1cc(C)n(-c2cncc(NCc3ccnc(OCc4ccccc4)c3)n2)n1. The van der Waals surface area contributed by atoms with Gasteiger partial charge in [0.1, 0.15) is 12.4 Å². The second-order valence-corrected chi connectivity index (χ2v) is 6.73. The molecule has 0 saturated carbocycles. The summed E-state index contributed by atoms with van der Waals surface area (Å²) in [6.07, 6.45) is 5.14. The molecule has 0 unspecified atom stereocenters. The molecule has 0 amide bonds. The van der Waals surface area contributed by atoms with E-state index in [0.717, 1.165) is 22.5 Å². The minimum Gasteiger partial charge on any atom is -0.473 e. The van der Waals surface area contributed by atoms with E-state index < -0.39 is 0 Å². The summed E-state index contributed by atoms with van der Waals surface area (Å²) in [5, 5.41) is 7.76. The van der Waals surface area contributed by atoms with Crippen LogP contribution in [-0.4, -0.2) is 24.7 Å². The average molecular weight is 386 g/mol. The lowest BCUT2D eigenvalue weighted by Gasteiger charge is -2.10. The van der Waals surface area contributed by atoms with E-state index in [9.17, 15) is 0 Å². The molecule has 3 heterocycles. The molecule has 0 saturated heterocycles. The second kappa shape index (κ2) is 8.52. The molecule has 0 aliphatic heterocycles. The number of benzene rings is 1. The zero-order chi connectivity index (χ0) is 20.1. The maximum Gasteiger partial charge on any atom is 0.213 e. The fraction of sp³-hybridized carbons (Fsp3) is 0.182. The lowest BCUT2D eigenvalue weighted by atomic mass is 10.2. The van der Waals surface area contributed by atoms with Gasteiger partial charge < -0.3 is 10.1 Å². The number of hydrogen-bond acceptors (Lipinski definition) is 6. The van der Waals surface area contributed by atoms with Gasteiger partial charge in [-0.05, 0) is 37.1 Å². The number of rotatable bonds is 7. The number of aryl methyl sites for hydroxylation is 2. The van der Waals surface area contributed by atoms with Crippen LogP contribution in [0.2, 0.25) is 0 Å². The van der Waals surface area contributed by atoms with E-state index in [1.54, 1.807) is 23.3 Å². The molecule has 4 aromatic rings. The van der Waals surface area contributed by atoms with Crippen molar-refractivity contribution >= 4 is 5.82 Å². The standard InChI is InChI=1S/C22H22N6O/c1-16-10-17(2)28(27-16)21-14-23-13-20(26-21)25-12-19-8-9-24-22(11-19)29-15-18-6-4-3-5-7-18/h3-11,13-14H,12,15H2,1-2H3,(H,25,26). The number of aromatic nitrogens is 5. The molecule has 0 radical (unpaired) electrons. The summed E-state index contributed by atoms with van der Waals surface area (Å²) in [5.41, 5.74) is 4.11. The lowest BCUT2D eigenvalue weighted by molar-refractivity contribution is 0.293. The number of nitrogens with one attached hydrogen (secondary N) is 1. The highest BCUT2D eigenvalue weighted by Gasteiger charge is 2.07. The molecule has 0 fully saturated rings. The van der Waals surface area contributed by atoms with Crippen molar-refractivity contribution in [1.29, 1.82) is 0 Å². The van der Waals surface area contributed by atoms with Crippen LogP contribution in [0.3, 0.4) is 0 Å². The average Bonchev–Trinajstić information content (AvgIpc) is 3.10. The van der Waals surface area contributed by atoms with Crippen LogP contribution in [0.25, 0.3) is 5.82 Å². The van der Waals surface area contributed by atoms with Crippen LogP contribution in [0.15, 0.2) is 67.1 Å². The van der Waals surface area contributed by atoms with Gasteiger partial charge in [0, 0.05) is 24.5 Å². The van der Waals surface area contributed by atoms with Crippen LogP contribution in [0.4, 0.5) is 5.82 Å². The van der Waals surface area contributed by atoms with Crippen molar-refractivity contribution in [2.24, 2.45) is 0 Å². The summed E-state index contributed by atoms with van der Waals surface area (Å²) in [5.74, 6) is 1.96. The fourth-order valence-electron chi connectivity index (χ4n) is 2.97. The van der Waals surface area contributed by atoms with E-state index in [1.807, 2.05) is 62.4 Å². The largest absolute Gasteiger partial charge is 0.473 e. The smallest absolute Gasteiger partial charge is 0.213 e. The Bertz CT molecular complexity index is 1090. The van der Waals surface area contributed by atoms with E-state index >= 15 is 0 Å². The summed E-state index contributed by atoms with van der Waals surface area (Å²) in [6, 6.07) is 15.9. The van der Waals surface area contributed by atoms with E-state index in [-0.39, 0.29) is 0 Å². The number of anilines is 1. The van der Waals surface area contributed by atoms with Crippen molar-refractivity contribution in [2.45, 2.75) is 27.0 Å². The summed E-state index contributed by atoms with van der Waals surface area (Å²) in [6.45, 7) is 5.02. The summed E-state index contributed by atoms with van der Waals surface area (Å²) in [4.78, 5) is 13.2. The van der Waals surface area contributed by atoms with Crippen molar-refractivity contribution in [3.05, 3.63) is 89.6 Å². The third-order valence-electron chi connectivity index (χ3n) is 4.35. The zero-order valence-electron chi connectivity index (χ0n) is 16.4. The molecule has 4 rings (SSSR count). The molecule has 146 valence electrons. The molecule has 7 nitrogen and oxygen atoms in total. The molecule has 0 aliphatic carbocycles. The van der Waals surface area contributed by atoms with Crippen molar-refractivity contribution < 1.29 is 4.74 Å². The Kier molecular flexibility index (Phi) is 5.47. The van der Waals surface area contributed by atoms with Gasteiger partial charge in [0.05, 0.1) is 18.1 Å². The van der Waals surface area contributed by atoms with Gasteiger partial charge in [-0.1, -0.05) is 30.3 Å². The molecule has 3 aromatic heterocycles. The molecular formula is C22H22N6O. The fourth-order valence-corrected chi connectivity index (χ4v) is 2.97. The van der Waals surface area contributed by atoms with Crippen LogP contribution < -0.4 is 10.1 Å². The molecule has 1 N–H and O–H groups in total. The summed E-state index contributed by atoms with van der Waals surface area (Å²) < 4.78 is 7.59. The normalized spacial score (nSPS) is 10.7. The second-order valence-electron chi connectivity index (χ2n) is 6.73. The van der Waals surface area contributed by atoms with Gasteiger partial charge in [0.25, 0.3) is 0 Å². The number of nitrogens with zero attached hydrogens (tertiary/aromatic N) is 5. The molecule has 1 aromatic carbocycles. The van der Waals surface area contributed by atoms with Crippen LogP contribution in [0.5, 0.6) is 5.88 Å². The topological polar surface area (TPSA) is 77.8 Å². The van der Waals surface area contributed by atoms with Crippen LogP contribution in [-0.2, 0) is 13.2 Å². The Morgan fingerprint density at radius 3 is 2.66 bits per heavy atom. The Morgan fingerprint density at radius 2 is 1.86 bits per heavy atom. The van der Waals surface area contributed by atoms with E-state index in [0.29, 0.717) is 30.7 Å². The maximum absolute atomic E-state index is 5.80. The third-order valence-corrected chi connectivity index (χ3v) is 4.35. The Hall–Kier alpha value is -3.74. The highest BCUT2D eigenvalue weighted by atomic mass is 16.5. The van der Waals surface area contributed by atoms with Crippen molar-refractivity contribution in [3.63, 3.8) is 0 Å². The van der Waals surface area contributed by atoms with Gasteiger partial charge in [-0.15, -0.1) is 0 Å². The van der Waals surface area contributed by atoms with Gasteiger partial charge in [-0.25, -0.2) is 14.6 Å². The zero-order valence-corrected chi connectivity index (χ0v) is 16.4. The van der Waals surface area contributed by atoms with Crippen molar-refractivity contribution in [3.8, 4) is 11.7 Å². The summed E-state index contributed by atoms with van der Waals surface area (Å²) >= 11 is 0. The minimum atomic E-state index is 0.487. The molecule has 0 bridgehead atoms. The third kappa shape index (κ3) is 4.76. The van der Waals surface area contributed by atoms with Gasteiger partial charge in [0.2, 0.25) is 5.88 Å². The molecule has 0 aliphatic rings. The number of ether oxygens (including phenoxy) is 1. The monoisotopic (exact) mass is 386 g/mol. The molecule has 7 heteroatoms. The first-order valence-electron chi connectivity index (χ1n) is 9.38. The highest BCUT2D eigenvalue weighted by Crippen LogP contribution is 2.15. The van der Waals surface area contributed by atoms with Gasteiger partial charge in [-0.3, -0.25) is 4.98 Å². The predicted molar refractivity (Wildman–Crippen MR) is 111 cm³/mol. The van der Waals surface area contributed by atoms with Gasteiger partial charge in [0.15, 0.2) is 5.82 Å². The quantitative estimate of drug-likeness (QED) is 0.520. The first-order valence-corrected chi connectivity index (χ1v) is 9.38. The van der Waals surface area contributed by atoms with Crippen molar-refractivity contribution in [1.82, 2.24) is 24.7 Å².